The first kappa shape index (κ1) is 51.0. The summed E-state index contributed by atoms with van der Waals surface area (Å²) in [7, 11) is 2.50. The van der Waals surface area contributed by atoms with E-state index in [1.807, 2.05) is 38.2 Å². The number of amides is 1. The highest BCUT2D eigenvalue weighted by atomic mass is 16.1. The molecule has 1 amide bonds. The maximum absolute atomic E-state index is 14.2. The predicted molar refractivity (Wildman–Crippen MR) is 278 cm³/mol. The van der Waals surface area contributed by atoms with Crippen molar-refractivity contribution in [3.63, 3.8) is 0 Å². The van der Waals surface area contributed by atoms with Gasteiger partial charge in [-0.3, -0.25) is 14.4 Å². The zero-order valence-corrected chi connectivity index (χ0v) is 45.4. The number of carbonyl (C=O) groups excluding carboxylic acids is 5. The van der Waals surface area contributed by atoms with Crippen LogP contribution in [0.1, 0.15) is 191 Å². The molecule has 10 aliphatic carbocycles. The highest BCUT2D eigenvalue weighted by Gasteiger charge is 2.71. The van der Waals surface area contributed by atoms with Crippen molar-refractivity contribution in [3.8, 4) is 0 Å². The van der Waals surface area contributed by atoms with E-state index in [-0.39, 0.29) is 125 Å². The standard InChI is InChI=1S/C30H40N2O3.C29H40N2O2.2CH4/c1-18-19-8-9-28(5)23(27(19,4)16-21(31-7)25(18)35)14-22(34)24-20-15-26(2,3)10-12-30(20,32-17-33)13-11-29(24,28)6;1-17-18-8-9-27(5)22(26(18,4)16-20(31-7)24(17)33)14-21(32)23-19-15-25(2,3)10-12-29(19,30)13-11-28(23,27)6;;/h14,16-20,24H,8-13,15H2,1-6H3,(H,32,33);14,16-19,23H,8-13,15,30H2,1-6H3;2*1H4/t18-,19-,20-,24-,27-,28+,29+,30-;17-,18-,19-,23-,26-,27+,28+,29-;;/m00../s1/i;;2*1T. The van der Waals surface area contributed by atoms with Gasteiger partial charge in [0.05, 0.1) is 13.1 Å². The molecule has 0 unspecified atom stereocenters. The van der Waals surface area contributed by atoms with Gasteiger partial charge >= 0.3 is 0 Å². The van der Waals surface area contributed by atoms with Crippen molar-refractivity contribution in [1.29, 1.82) is 0 Å². The van der Waals surface area contributed by atoms with Gasteiger partial charge in [-0.2, -0.15) is 0 Å². The molecule has 0 heterocycles. The Morgan fingerprint density at radius 1 is 0.600 bits per heavy atom. The second-order valence-corrected chi connectivity index (χ2v) is 27.4. The summed E-state index contributed by atoms with van der Waals surface area (Å²) in [5.74, 6) is 0.360. The van der Waals surface area contributed by atoms with Crippen LogP contribution in [0, 0.1) is 104 Å². The second-order valence-electron chi connectivity index (χ2n) is 27.4. The molecule has 6 fully saturated rings. The fourth-order valence-electron chi connectivity index (χ4n) is 18.9. The van der Waals surface area contributed by atoms with Gasteiger partial charge in [0, 0.05) is 48.3 Å². The average molecular weight is 961 g/mol. The van der Waals surface area contributed by atoms with E-state index in [0.29, 0.717) is 0 Å². The molecule has 0 aromatic rings. The Bertz CT molecular complexity index is 2510. The molecule has 0 aromatic carbocycles. The van der Waals surface area contributed by atoms with Crippen molar-refractivity contribution >= 4 is 29.5 Å². The summed E-state index contributed by atoms with van der Waals surface area (Å²) in [6.07, 6.45) is 22.2. The number of allylic oxidation sites excluding steroid dienone is 8. The molecule has 9 heteroatoms. The summed E-state index contributed by atoms with van der Waals surface area (Å²) in [6, 6.07) is 0. The van der Waals surface area contributed by atoms with E-state index in [0.717, 1.165) is 102 Å². The van der Waals surface area contributed by atoms with Crippen LogP contribution in [0.4, 0.5) is 0 Å². The molecule has 0 aromatic heterocycles. The van der Waals surface area contributed by atoms with Gasteiger partial charge in [-0.05, 0) is 158 Å². The lowest BCUT2D eigenvalue weighted by Crippen LogP contribution is -2.68. The lowest BCUT2D eigenvalue weighted by molar-refractivity contribution is -0.160. The number of fused-ring (bicyclic) bond motifs is 14. The van der Waals surface area contributed by atoms with Gasteiger partial charge in [0.2, 0.25) is 17.8 Å². The van der Waals surface area contributed by atoms with Crippen LogP contribution in [0.3, 0.4) is 0 Å². The Morgan fingerprint density at radius 2 is 0.986 bits per heavy atom. The Labute approximate surface area is 425 Å². The molecular weight excluding hydrogens is 869 g/mol. The summed E-state index contributed by atoms with van der Waals surface area (Å²) >= 11 is 0. The van der Waals surface area contributed by atoms with Crippen LogP contribution in [0.25, 0.3) is 9.69 Å². The maximum atomic E-state index is 14.2. The number of nitrogens with one attached hydrogen (secondary N) is 1. The van der Waals surface area contributed by atoms with Crippen LogP contribution in [-0.2, 0) is 24.0 Å². The van der Waals surface area contributed by atoms with Crippen molar-refractivity contribution < 1.29 is 26.7 Å². The Hall–Kier alpha value is -3.95. The van der Waals surface area contributed by atoms with Gasteiger partial charge in [0.15, 0.2) is 23.1 Å². The van der Waals surface area contributed by atoms with E-state index < -0.39 is 10.8 Å². The molecule has 3 N–H and O–H groups in total. The van der Waals surface area contributed by atoms with E-state index in [4.69, 9.17) is 21.6 Å². The van der Waals surface area contributed by atoms with Crippen LogP contribution < -0.4 is 11.1 Å². The maximum Gasteiger partial charge on any atom is 0.226 e. The highest BCUT2D eigenvalue weighted by Crippen LogP contribution is 2.74. The van der Waals surface area contributed by atoms with Crippen molar-refractivity contribution in [2.24, 2.45) is 96.4 Å². The topological polar surface area (TPSA) is 132 Å². The van der Waals surface area contributed by atoms with Gasteiger partial charge in [-0.1, -0.05) is 121 Å². The number of hydrogen-bond donors (Lipinski definition) is 2. The number of carbonyl (C=O) groups is 5. The number of nitrogens with two attached hydrogens (primary N) is 1. The summed E-state index contributed by atoms with van der Waals surface area (Å²) in [5.41, 5.74) is 8.07. The zero-order chi connectivity index (χ0) is 53.8. The lowest BCUT2D eigenvalue weighted by Gasteiger charge is -2.68. The van der Waals surface area contributed by atoms with Crippen LogP contribution in [0.15, 0.2) is 46.8 Å². The third-order valence-corrected chi connectivity index (χ3v) is 23.4. The number of Topliss-reactive ketones (excluding diaryl/α,β-unsaturated/α-hetero) is 2. The summed E-state index contributed by atoms with van der Waals surface area (Å²) in [5, 5.41) is 3.24. The van der Waals surface area contributed by atoms with Crippen molar-refractivity contribution in [2.75, 3.05) is 0 Å². The Morgan fingerprint density at radius 3 is 1.43 bits per heavy atom. The minimum atomic E-state index is -0.467. The normalized spacial score (nSPS) is 48.1. The van der Waals surface area contributed by atoms with Crippen molar-refractivity contribution in [3.05, 3.63) is 69.7 Å². The molecular formula is C61H88N4O5. The summed E-state index contributed by atoms with van der Waals surface area (Å²) in [4.78, 5) is 72.9. The van der Waals surface area contributed by atoms with Gasteiger partial charge in [-0.25, -0.2) is 9.69 Å². The fourth-order valence-corrected chi connectivity index (χ4v) is 18.9. The molecule has 0 bridgehead atoms. The van der Waals surface area contributed by atoms with E-state index in [2.05, 4.69) is 84.2 Å². The minimum absolute atomic E-state index is 0.0297. The average Bonchev–Trinajstić information content (AvgIpc) is 3.33. The number of nitrogens with zero attached hydrogens (tertiary/aromatic N) is 2. The molecule has 70 heavy (non-hydrogen) atoms. The van der Waals surface area contributed by atoms with E-state index in [1.165, 1.54) is 20.4 Å². The van der Waals surface area contributed by atoms with Gasteiger partial charge in [0.1, 0.15) is 0 Å². The quantitative estimate of drug-likeness (QED) is 0.209. The SMILES string of the molecule is [3H]C.[3H]C.[C-]#[N+]C1=C[C@]2(C)C3=CC(=O)[C@@H]4[C@@H]5CC(C)(C)CC[C@]5(N)CC[C@@]4(C)[C@]3(C)CC[C@H]2[C@H](C)C1=O.[C-]#[N+]C1=C[C@]2(C)C3=CC(=O)[C@@H]4[C@@H]5CC(C)(C)CC[C@]5(NC=O)CC[C@@]4(C)[C@]3(C)CC[C@H]2[C@H](C)C1=O. The molecule has 6 saturated carbocycles. The number of rotatable bonds is 2. The van der Waals surface area contributed by atoms with Crippen molar-refractivity contribution in [1.82, 2.24) is 5.32 Å². The monoisotopic (exact) mass is 961 g/mol. The molecule has 9 nitrogen and oxygen atoms in total. The van der Waals surface area contributed by atoms with Crippen LogP contribution >= 0.6 is 0 Å². The summed E-state index contributed by atoms with van der Waals surface area (Å²) in [6.45, 7) is 42.2. The first-order chi connectivity index (χ1) is 33.5. The molecule has 16 atom stereocenters. The zero-order valence-electron chi connectivity index (χ0n) is 47.4. The molecule has 0 saturated heterocycles. The molecule has 382 valence electrons. The van der Waals surface area contributed by atoms with E-state index >= 15 is 0 Å². The minimum Gasteiger partial charge on any atom is -0.353 e. The molecule has 10 aliphatic rings. The van der Waals surface area contributed by atoms with Gasteiger partial charge < -0.3 is 20.6 Å². The molecule has 0 aliphatic heterocycles. The molecule has 10 rings (SSSR count). The van der Waals surface area contributed by atoms with E-state index in [9.17, 15) is 24.0 Å². The molecule has 0 radical (unpaired) electrons. The predicted octanol–water partition coefficient (Wildman–Crippen LogP) is 12.8. The van der Waals surface area contributed by atoms with Gasteiger partial charge in [-0.15, -0.1) is 0 Å². The smallest absolute Gasteiger partial charge is 0.226 e. The van der Waals surface area contributed by atoms with Gasteiger partial charge in [0.25, 0.3) is 0 Å². The summed E-state index contributed by atoms with van der Waals surface area (Å²) < 4.78 is 11.5. The van der Waals surface area contributed by atoms with Crippen LogP contribution in [0.5, 0.6) is 0 Å². The van der Waals surface area contributed by atoms with Crippen LogP contribution in [0.2, 0.25) is 0 Å². The number of hydrogen-bond acceptors (Lipinski definition) is 6. The largest absolute Gasteiger partial charge is 0.353 e. The Kier molecular flexibility index (Phi) is 12.2. The second kappa shape index (κ2) is 16.8. The first-order valence-electron chi connectivity index (χ1n) is 28.3. The highest BCUT2D eigenvalue weighted by molar-refractivity contribution is 6.02. The Balaban J connectivity index is 0.000000198. The first-order valence-corrected chi connectivity index (χ1v) is 26.3. The fraction of sp³-hybridized carbons (Fsp3) is 0.754. The molecule has 0 spiro atoms. The third-order valence-electron chi connectivity index (χ3n) is 23.4. The van der Waals surface area contributed by atoms with Crippen molar-refractivity contribution in [2.45, 2.75) is 199 Å². The number of ketones is 4. The van der Waals surface area contributed by atoms with E-state index in [1.54, 1.807) is 0 Å². The third kappa shape index (κ3) is 7.05. The van der Waals surface area contributed by atoms with Crippen LogP contribution in [-0.4, -0.2) is 40.6 Å². The lowest BCUT2D eigenvalue weighted by atomic mass is 9.36.